The van der Waals surface area contributed by atoms with E-state index in [9.17, 15) is 14.9 Å². The lowest BCUT2D eigenvalue weighted by molar-refractivity contribution is -0.384. The fourth-order valence-electron chi connectivity index (χ4n) is 1.87. The molecule has 0 spiro atoms. The highest BCUT2D eigenvalue weighted by molar-refractivity contribution is 5.86. The van der Waals surface area contributed by atoms with E-state index < -0.39 is 4.92 Å². The number of aromatic nitrogens is 1. The number of aryl methyl sites for hydroxylation is 1. The lowest BCUT2D eigenvalue weighted by Gasteiger charge is -2.00. The van der Waals surface area contributed by atoms with Crippen LogP contribution in [-0.2, 0) is 23.2 Å². The van der Waals surface area contributed by atoms with Crippen LogP contribution in [0.4, 0.5) is 5.69 Å². The summed E-state index contributed by atoms with van der Waals surface area (Å²) in [6.45, 7) is 1.45. The summed E-state index contributed by atoms with van der Waals surface area (Å²) in [5.74, 6) is -0.377. The minimum atomic E-state index is -0.442. The van der Waals surface area contributed by atoms with Crippen LogP contribution in [0.15, 0.2) is 24.4 Å². The molecule has 0 saturated heterocycles. The molecule has 6 heteroatoms. The number of fused-ring (bicyclic) bond motifs is 1. The first-order valence-corrected chi connectivity index (χ1v) is 5.34. The Morgan fingerprint density at radius 2 is 2.22 bits per heavy atom. The highest BCUT2D eigenvalue weighted by Gasteiger charge is 2.12. The van der Waals surface area contributed by atoms with E-state index in [1.54, 1.807) is 12.3 Å². The van der Waals surface area contributed by atoms with Crippen LogP contribution in [0.3, 0.4) is 0 Å². The van der Waals surface area contributed by atoms with Crippen molar-refractivity contribution < 1.29 is 14.5 Å². The van der Waals surface area contributed by atoms with Crippen molar-refractivity contribution in [2.24, 2.45) is 7.05 Å². The van der Waals surface area contributed by atoms with E-state index in [4.69, 9.17) is 4.74 Å². The van der Waals surface area contributed by atoms with Crippen LogP contribution >= 0.6 is 0 Å². The molecule has 0 fully saturated rings. The SMILES string of the molecule is CC(=O)OCc1cn(C)c2ccc([N+](=O)[O-])cc12. The van der Waals surface area contributed by atoms with Gasteiger partial charge < -0.3 is 9.30 Å². The van der Waals surface area contributed by atoms with Crippen molar-refractivity contribution in [3.8, 4) is 0 Å². The summed E-state index contributed by atoms with van der Waals surface area (Å²) in [5, 5.41) is 11.5. The number of hydrogen-bond donors (Lipinski definition) is 0. The predicted octanol–water partition coefficient (Wildman–Crippen LogP) is 2.15. The molecule has 1 heterocycles. The molecular weight excluding hydrogens is 236 g/mol. The van der Waals surface area contributed by atoms with Crippen molar-refractivity contribution >= 4 is 22.6 Å². The molecular formula is C12H12N2O4. The average Bonchev–Trinajstić information content (AvgIpc) is 2.63. The topological polar surface area (TPSA) is 74.4 Å². The van der Waals surface area contributed by atoms with Gasteiger partial charge >= 0.3 is 5.97 Å². The number of nitro benzene ring substituents is 1. The number of esters is 1. The van der Waals surface area contributed by atoms with Gasteiger partial charge in [-0.3, -0.25) is 14.9 Å². The van der Waals surface area contributed by atoms with Crippen LogP contribution in [0.1, 0.15) is 12.5 Å². The van der Waals surface area contributed by atoms with Crippen LogP contribution < -0.4 is 0 Å². The van der Waals surface area contributed by atoms with Gasteiger partial charge in [0.1, 0.15) is 6.61 Å². The third-order valence-corrected chi connectivity index (χ3v) is 2.70. The molecule has 0 bridgehead atoms. The van der Waals surface area contributed by atoms with Gasteiger partial charge in [-0.15, -0.1) is 0 Å². The third-order valence-electron chi connectivity index (χ3n) is 2.70. The third kappa shape index (κ3) is 2.17. The molecule has 0 radical (unpaired) electrons. The molecule has 18 heavy (non-hydrogen) atoms. The second kappa shape index (κ2) is 4.48. The number of hydrogen-bond acceptors (Lipinski definition) is 4. The molecule has 0 N–H and O–H groups in total. The van der Waals surface area contributed by atoms with Gasteiger partial charge in [0.2, 0.25) is 0 Å². The first-order valence-electron chi connectivity index (χ1n) is 5.34. The second-order valence-electron chi connectivity index (χ2n) is 4.00. The molecule has 0 aliphatic carbocycles. The smallest absolute Gasteiger partial charge is 0.302 e. The van der Waals surface area contributed by atoms with E-state index in [1.165, 1.54) is 19.1 Å². The number of carbonyl (C=O) groups is 1. The molecule has 0 atom stereocenters. The maximum Gasteiger partial charge on any atom is 0.302 e. The van der Waals surface area contributed by atoms with Gasteiger partial charge in [-0.2, -0.15) is 0 Å². The molecule has 2 aromatic rings. The zero-order valence-corrected chi connectivity index (χ0v) is 10.0. The molecule has 2 rings (SSSR count). The molecule has 6 nitrogen and oxygen atoms in total. The van der Waals surface area contributed by atoms with Crippen LogP contribution in [0.25, 0.3) is 10.9 Å². The van der Waals surface area contributed by atoms with Crippen molar-refractivity contribution in [3.63, 3.8) is 0 Å². The molecule has 0 unspecified atom stereocenters. The highest BCUT2D eigenvalue weighted by atomic mass is 16.6. The van der Waals surface area contributed by atoms with Crippen molar-refractivity contribution in [1.29, 1.82) is 0 Å². The molecule has 1 aromatic heterocycles. The first-order chi connectivity index (χ1) is 8.49. The molecule has 94 valence electrons. The number of benzene rings is 1. The number of nitrogens with zero attached hydrogens (tertiary/aromatic N) is 2. The summed E-state index contributed by atoms with van der Waals surface area (Å²) in [4.78, 5) is 21.1. The highest BCUT2D eigenvalue weighted by Crippen LogP contribution is 2.25. The molecule has 0 saturated carbocycles. The van der Waals surface area contributed by atoms with Gasteiger partial charge in [-0.1, -0.05) is 0 Å². The minimum Gasteiger partial charge on any atom is -0.461 e. The number of ether oxygens (including phenoxy) is 1. The van der Waals surface area contributed by atoms with Gasteiger partial charge in [0, 0.05) is 48.8 Å². The number of non-ortho nitro benzene ring substituents is 1. The monoisotopic (exact) mass is 248 g/mol. The van der Waals surface area contributed by atoms with E-state index in [2.05, 4.69) is 0 Å². The van der Waals surface area contributed by atoms with E-state index in [1.807, 2.05) is 11.6 Å². The maximum atomic E-state index is 10.8. The van der Waals surface area contributed by atoms with E-state index in [0.717, 1.165) is 16.5 Å². The summed E-state index contributed by atoms with van der Waals surface area (Å²) in [5.41, 5.74) is 1.65. The van der Waals surface area contributed by atoms with Gasteiger partial charge in [0.05, 0.1) is 4.92 Å². The Bertz CT molecular complexity index is 630. The van der Waals surface area contributed by atoms with Crippen molar-refractivity contribution in [1.82, 2.24) is 4.57 Å². The first kappa shape index (κ1) is 12.1. The summed E-state index contributed by atoms with van der Waals surface area (Å²) < 4.78 is 6.77. The standard InChI is InChI=1S/C12H12N2O4/c1-8(15)18-7-9-6-13(2)12-4-3-10(14(16)17)5-11(9)12/h3-6H,7H2,1-2H3. The normalized spacial score (nSPS) is 10.6. The zero-order chi connectivity index (χ0) is 13.3. The Kier molecular flexibility index (Phi) is 3.01. The van der Waals surface area contributed by atoms with Crippen molar-refractivity contribution in [3.05, 3.63) is 40.1 Å². The maximum absolute atomic E-state index is 10.8. The second-order valence-corrected chi connectivity index (χ2v) is 4.00. The summed E-state index contributed by atoms with van der Waals surface area (Å²) in [7, 11) is 1.84. The minimum absolute atomic E-state index is 0.0257. The molecule has 0 amide bonds. The van der Waals surface area contributed by atoms with Crippen LogP contribution in [0.2, 0.25) is 0 Å². The van der Waals surface area contributed by atoms with Gasteiger partial charge in [0.15, 0.2) is 0 Å². The van der Waals surface area contributed by atoms with Gasteiger partial charge in [-0.05, 0) is 6.07 Å². The van der Waals surface area contributed by atoms with Crippen LogP contribution in [-0.4, -0.2) is 15.5 Å². The fraction of sp³-hybridized carbons (Fsp3) is 0.250. The fourth-order valence-corrected chi connectivity index (χ4v) is 1.87. The molecule has 0 aliphatic heterocycles. The molecule has 0 aliphatic rings. The quantitative estimate of drug-likeness (QED) is 0.474. The Hall–Kier alpha value is -2.37. The largest absolute Gasteiger partial charge is 0.461 e. The summed E-state index contributed by atoms with van der Waals surface area (Å²) in [6.07, 6.45) is 1.80. The average molecular weight is 248 g/mol. The van der Waals surface area contributed by atoms with E-state index in [0.29, 0.717) is 0 Å². The zero-order valence-electron chi connectivity index (χ0n) is 10.0. The Labute approximate surface area is 103 Å². The Morgan fingerprint density at radius 3 is 2.83 bits per heavy atom. The van der Waals surface area contributed by atoms with E-state index in [-0.39, 0.29) is 18.3 Å². The molecule has 1 aromatic carbocycles. The number of rotatable bonds is 3. The lowest BCUT2D eigenvalue weighted by Crippen LogP contribution is -1.98. The van der Waals surface area contributed by atoms with Crippen molar-refractivity contribution in [2.75, 3.05) is 0 Å². The van der Waals surface area contributed by atoms with Gasteiger partial charge in [0.25, 0.3) is 5.69 Å². The Balaban J connectivity index is 2.49. The van der Waals surface area contributed by atoms with Crippen molar-refractivity contribution in [2.45, 2.75) is 13.5 Å². The number of carbonyl (C=O) groups excluding carboxylic acids is 1. The predicted molar refractivity (Wildman–Crippen MR) is 65.0 cm³/mol. The number of nitro groups is 1. The summed E-state index contributed by atoms with van der Waals surface area (Å²) in [6, 6.07) is 4.64. The Morgan fingerprint density at radius 1 is 1.50 bits per heavy atom. The van der Waals surface area contributed by atoms with E-state index >= 15 is 0 Å². The summed E-state index contributed by atoms with van der Waals surface area (Å²) >= 11 is 0. The lowest BCUT2D eigenvalue weighted by atomic mass is 10.1. The van der Waals surface area contributed by atoms with Crippen LogP contribution in [0, 0.1) is 10.1 Å². The van der Waals surface area contributed by atoms with Gasteiger partial charge in [-0.25, -0.2) is 0 Å². The van der Waals surface area contributed by atoms with Crippen LogP contribution in [0.5, 0.6) is 0 Å².